The number of hydrogen-bond donors (Lipinski definition) is 2. The van der Waals surface area contributed by atoms with Gasteiger partial charge in [-0.15, -0.1) is 0 Å². The van der Waals surface area contributed by atoms with Crippen molar-refractivity contribution in [3.63, 3.8) is 0 Å². The van der Waals surface area contributed by atoms with Crippen LogP contribution in [0.15, 0.2) is 0 Å². The molecule has 0 radical (unpaired) electrons. The van der Waals surface area contributed by atoms with E-state index in [1.807, 2.05) is 6.92 Å². The summed E-state index contributed by atoms with van der Waals surface area (Å²) in [6, 6.07) is 0. The van der Waals surface area contributed by atoms with E-state index in [-0.39, 0.29) is 0 Å². The highest BCUT2D eigenvalue weighted by atomic mass is 16.5. The molecule has 0 aromatic carbocycles. The molecule has 0 aliphatic carbocycles. The molecule has 0 aromatic rings. The molecule has 0 aliphatic rings. The molecule has 0 saturated carbocycles. The van der Waals surface area contributed by atoms with E-state index in [9.17, 15) is 0 Å². The molecule has 0 aromatic heterocycles. The maximum Gasteiger partial charge on any atom is 0.0726 e. The predicted molar refractivity (Wildman–Crippen MR) is 32.7 cm³/mol. The normalized spacial score (nSPS) is 10.5. The van der Waals surface area contributed by atoms with Crippen LogP contribution in [0.3, 0.4) is 0 Å². The minimum Gasteiger partial charge on any atom is -0.313 e. The van der Waals surface area contributed by atoms with Gasteiger partial charge in [0.15, 0.2) is 0 Å². The van der Waals surface area contributed by atoms with Crippen molar-refractivity contribution < 1.29 is 5.21 Å². The second kappa shape index (κ2) is 5.03. The molecule has 0 bridgehead atoms. The van der Waals surface area contributed by atoms with Gasteiger partial charge in [0, 0.05) is 6.54 Å². The Morgan fingerprint density at radius 2 is 2.25 bits per heavy atom. The fraction of sp³-hybridized carbons (Fsp3) is 1.00. The van der Waals surface area contributed by atoms with Crippen molar-refractivity contribution in [3.8, 4) is 0 Å². The zero-order valence-corrected chi connectivity index (χ0v) is 5.52. The lowest BCUT2D eigenvalue weighted by molar-refractivity contribution is -0.0948. The van der Waals surface area contributed by atoms with Gasteiger partial charge in [-0.05, 0) is 13.5 Å². The van der Waals surface area contributed by atoms with E-state index in [0.29, 0.717) is 6.67 Å². The number of nitrogens with one attached hydrogen (secondary N) is 1. The summed E-state index contributed by atoms with van der Waals surface area (Å²) >= 11 is 0. The Bertz CT molecular complexity index is 43.7. The van der Waals surface area contributed by atoms with E-state index in [2.05, 4.69) is 5.32 Å². The summed E-state index contributed by atoms with van der Waals surface area (Å²) in [6.45, 7) is 3.31. The first-order valence-electron chi connectivity index (χ1n) is 2.89. The predicted octanol–water partition coefficient (Wildman–Crippen LogP) is 0.265. The number of hydroxylamine groups is 2. The third-order valence-corrected chi connectivity index (χ3v) is 0.822. The Morgan fingerprint density at radius 3 is 2.62 bits per heavy atom. The first kappa shape index (κ1) is 7.88. The Kier molecular flexibility index (Phi) is 4.95. The first-order chi connectivity index (χ1) is 3.81. The largest absolute Gasteiger partial charge is 0.313 e. The zero-order chi connectivity index (χ0) is 6.41. The van der Waals surface area contributed by atoms with Crippen LogP contribution in [0.25, 0.3) is 0 Å². The molecule has 3 heteroatoms. The van der Waals surface area contributed by atoms with Crippen molar-refractivity contribution in [1.82, 2.24) is 10.4 Å². The van der Waals surface area contributed by atoms with Gasteiger partial charge in [0.2, 0.25) is 0 Å². The van der Waals surface area contributed by atoms with E-state index >= 15 is 0 Å². The van der Waals surface area contributed by atoms with Gasteiger partial charge in [0.1, 0.15) is 0 Å². The molecule has 8 heavy (non-hydrogen) atoms. The highest BCUT2D eigenvalue weighted by Gasteiger charge is 1.91. The summed E-state index contributed by atoms with van der Waals surface area (Å²) in [6.07, 6.45) is 0.984. The van der Waals surface area contributed by atoms with Crippen LogP contribution >= 0.6 is 0 Å². The molecule has 0 atom stereocenters. The summed E-state index contributed by atoms with van der Waals surface area (Å²) in [4.78, 5) is 0. The molecular formula is C5H14N2O. The standard InChI is InChI=1S/C5H14N2O/c1-3-4-7(8)5-6-2/h6,8H,3-5H2,1-2H3. The van der Waals surface area contributed by atoms with Gasteiger partial charge in [-0.25, -0.2) is 0 Å². The van der Waals surface area contributed by atoms with E-state index in [1.54, 1.807) is 7.05 Å². The number of nitrogens with zero attached hydrogens (tertiary/aromatic N) is 1. The summed E-state index contributed by atoms with van der Waals surface area (Å²) in [5.41, 5.74) is 0. The lowest BCUT2D eigenvalue weighted by Gasteiger charge is -2.11. The van der Waals surface area contributed by atoms with Crippen molar-refractivity contribution in [1.29, 1.82) is 0 Å². The summed E-state index contributed by atoms with van der Waals surface area (Å²) in [5.74, 6) is 0. The molecule has 0 rings (SSSR count). The summed E-state index contributed by atoms with van der Waals surface area (Å²) < 4.78 is 0. The van der Waals surface area contributed by atoms with E-state index in [0.717, 1.165) is 13.0 Å². The van der Waals surface area contributed by atoms with Crippen LogP contribution in [-0.2, 0) is 0 Å². The van der Waals surface area contributed by atoms with Crippen molar-refractivity contribution in [2.45, 2.75) is 13.3 Å². The molecule has 0 heterocycles. The average Bonchev–Trinajstić information content (AvgIpc) is 1.68. The molecule has 0 spiro atoms. The Balaban J connectivity index is 2.92. The first-order valence-corrected chi connectivity index (χ1v) is 2.89. The van der Waals surface area contributed by atoms with Crippen LogP contribution in [0.4, 0.5) is 0 Å². The SMILES string of the molecule is CCCN(O)CNC. The molecule has 0 fully saturated rings. The Hall–Kier alpha value is -0.120. The summed E-state index contributed by atoms with van der Waals surface area (Å²) in [5, 5.41) is 12.9. The molecule has 0 saturated heterocycles. The van der Waals surface area contributed by atoms with Crippen molar-refractivity contribution in [3.05, 3.63) is 0 Å². The third-order valence-electron chi connectivity index (χ3n) is 0.822. The van der Waals surface area contributed by atoms with Gasteiger partial charge in [0.25, 0.3) is 0 Å². The molecule has 3 nitrogen and oxygen atoms in total. The second-order valence-electron chi connectivity index (χ2n) is 1.74. The molecule has 50 valence electrons. The second-order valence-corrected chi connectivity index (χ2v) is 1.74. The third kappa shape index (κ3) is 4.05. The van der Waals surface area contributed by atoms with Gasteiger partial charge in [-0.2, -0.15) is 5.06 Å². The van der Waals surface area contributed by atoms with Crippen molar-refractivity contribution >= 4 is 0 Å². The lowest BCUT2D eigenvalue weighted by atomic mass is 10.5. The smallest absolute Gasteiger partial charge is 0.0726 e. The highest BCUT2D eigenvalue weighted by Crippen LogP contribution is 1.80. The lowest BCUT2D eigenvalue weighted by Crippen LogP contribution is -2.29. The minimum absolute atomic E-state index is 0.549. The van der Waals surface area contributed by atoms with Crippen LogP contribution in [0.2, 0.25) is 0 Å². The van der Waals surface area contributed by atoms with E-state index in [4.69, 9.17) is 5.21 Å². The van der Waals surface area contributed by atoms with Gasteiger partial charge < -0.3 is 10.5 Å². The topological polar surface area (TPSA) is 35.5 Å². The van der Waals surface area contributed by atoms with Crippen LogP contribution in [0.5, 0.6) is 0 Å². The quantitative estimate of drug-likeness (QED) is 0.410. The van der Waals surface area contributed by atoms with Gasteiger partial charge in [-0.3, -0.25) is 0 Å². The fourth-order valence-electron chi connectivity index (χ4n) is 0.520. The maximum atomic E-state index is 8.82. The van der Waals surface area contributed by atoms with E-state index in [1.165, 1.54) is 5.06 Å². The number of rotatable bonds is 4. The monoisotopic (exact) mass is 118 g/mol. The van der Waals surface area contributed by atoms with E-state index < -0.39 is 0 Å². The Labute approximate surface area is 50.3 Å². The van der Waals surface area contributed by atoms with Crippen LogP contribution in [0.1, 0.15) is 13.3 Å². The van der Waals surface area contributed by atoms with Crippen LogP contribution < -0.4 is 5.32 Å². The van der Waals surface area contributed by atoms with Crippen LogP contribution in [-0.4, -0.2) is 30.5 Å². The molecule has 0 unspecified atom stereocenters. The zero-order valence-electron chi connectivity index (χ0n) is 5.52. The van der Waals surface area contributed by atoms with Gasteiger partial charge >= 0.3 is 0 Å². The Morgan fingerprint density at radius 1 is 1.62 bits per heavy atom. The number of hydrogen-bond acceptors (Lipinski definition) is 3. The van der Waals surface area contributed by atoms with Crippen molar-refractivity contribution in [2.75, 3.05) is 20.3 Å². The van der Waals surface area contributed by atoms with Crippen molar-refractivity contribution in [2.24, 2.45) is 0 Å². The molecule has 2 N–H and O–H groups in total. The molecular weight excluding hydrogens is 104 g/mol. The highest BCUT2D eigenvalue weighted by molar-refractivity contribution is 4.36. The van der Waals surface area contributed by atoms with Gasteiger partial charge in [0.05, 0.1) is 6.67 Å². The average molecular weight is 118 g/mol. The maximum absolute atomic E-state index is 8.82. The fourth-order valence-corrected chi connectivity index (χ4v) is 0.520. The molecule has 0 amide bonds. The van der Waals surface area contributed by atoms with Gasteiger partial charge in [-0.1, -0.05) is 6.92 Å². The molecule has 0 aliphatic heterocycles. The van der Waals surface area contributed by atoms with Crippen LogP contribution in [0, 0.1) is 0 Å². The summed E-state index contributed by atoms with van der Waals surface area (Å²) in [7, 11) is 1.80. The minimum atomic E-state index is 0.549.